The van der Waals surface area contributed by atoms with Crippen LogP contribution in [0.1, 0.15) is 0 Å². The molecule has 0 heterocycles. The number of halogens is 3. The van der Waals surface area contributed by atoms with Crippen LogP contribution in [-0.2, 0) is 3.97 Å². The highest BCUT2D eigenvalue weighted by Crippen LogP contribution is 2.39. The van der Waals surface area contributed by atoms with Crippen molar-refractivity contribution < 1.29 is 13.8 Å². The van der Waals surface area contributed by atoms with Crippen LogP contribution >= 0.6 is 55.4 Å². The van der Waals surface area contributed by atoms with E-state index >= 15 is 0 Å². The van der Waals surface area contributed by atoms with Crippen LogP contribution in [0.4, 0.5) is 0 Å². The third-order valence-electron chi connectivity index (χ3n) is 0.326. The van der Waals surface area contributed by atoms with E-state index in [1.54, 1.807) is 0 Å². The van der Waals surface area contributed by atoms with Crippen molar-refractivity contribution in [3.05, 3.63) is 8.86 Å². The molecule has 8 heteroatoms. The smallest absolute Gasteiger partial charge is 0.327 e. The molecule has 0 spiro atoms. The summed E-state index contributed by atoms with van der Waals surface area (Å²) >= 11 is 16.1. The number of hydrogen-bond acceptors (Lipinski definition) is 4. The van der Waals surface area contributed by atoms with Gasteiger partial charge in [-0.05, 0) is 0 Å². The van der Waals surface area contributed by atoms with Gasteiger partial charge in [0.2, 0.25) is 0 Å². The molecule has 0 unspecified atom stereocenters. The van der Waals surface area contributed by atoms with Gasteiger partial charge in [-0.2, -0.15) is 0 Å². The van der Waals surface area contributed by atoms with E-state index in [9.17, 15) is 0 Å². The Kier molecular flexibility index (Phi) is 6.61. The molecular formula is C2H2Cl3O3PS. The van der Waals surface area contributed by atoms with Crippen molar-refractivity contribution in [2.24, 2.45) is 0 Å². The predicted octanol–water partition coefficient (Wildman–Crippen LogP) is 2.71. The molecule has 0 saturated carbocycles. The van der Waals surface area contributed by atoms with Crippen molar-refractivity contribution >= 4 is 55.4 Å². The summed E-state index contributed by atoms with van der Waals surface area (Å²) in [5, 5.41) is 0. The summed E-state index contributed by atoms with van der Waals surface area (Å²) in [6, 6.07) is 0. The zero-order valence-electron chi connectivity index (χ0n) is 4.29. The normalized spacial score (nSPS) is 10.2. The monoisotopic (exact) mass is 242 g/mol. The second kappa shape index (κ2) is 5.86. The van der Waals surface area contributed by atoms with Gasteiger partial charge in [0, 0.05) is 0 Å². The van der Waals surface area contributed by atoms with Crippen molar-refractivity contribution in [1.82, 2.24) is 0 Å². The lowest BCUT2D eigenvalue weighted by molar-refractivity contribution is 0.398. The summed E-state index contributed by atoms with van der Waals surface area (Å²) in [6.45, 7) is 0. The lowest BCUT2D eigenvalue weighted by atomic mass is 11.2. The minimum Gasteiger partial charge on any atom is -0.327 e. The van der Waals surface area contributed by atoms with Crippen LogP contribution in [0.3, 0.4) is 0 Å². The molecule has 0 rings (SSSR count). The molecule has 10 heavy (non-hydrogen) atoms. The first-order valence-electron chi connectivity index (χ1n) is 1.77. The molecular weight excluding hydrogens is 241 g/mol. The first-order valence-corrected chi connectivity index (χ1v) is 4.81. The number of hydrogen-bond donors (Lipinski definition) is 2. The van der Waals surface area contributed by atoms with Gasteiger partial charge < -0.3 is 9.79 Å². The van der Waals surface area contributed by atoms with Gasteiger partial charge in [-0.15, -0.1) is 0 Å². The Morgan fingerprint density at radius 2 is 1.80 bits per heavy atom. The topological polar surface area (TPSA) is 49.7 Å². The van der Waals surface area contributed by atoms with Gasteiger partial charge in [0.05, 0.1) is 12.0 Å². The van der Waals surface area contributed by atoms with Crippen LogP contribution in [0.25, 0.3) is 0 Å². The summed E-state index contributed by atoms with van der Waals surface area (Å²) in [7, 11) is -2.43. The molecule has 0 aromatic heterocycles. The summed E-state index contributed by atoms with van der Waals surface area (Å²) in [5.74, 6) is 0. The molecule has 0 atom stereocenters. The quantitative estimate of drug-likeness (QED) is 0.591. The largest absolute Gasteiger partial charge is 0.339 e. The Hall–Kier alpha value is 1.27. The summed E-state index contributed by atoms with van der Waals surface area (Å²) in [4.78, 5) is 16.4. The van der Waals surface area contributed by atoms with Crippen LogP contribution in [0, 0.1) is 0 Å². The molecule has 60 valence electrons. The Balaban J connectivity index is 3.60. The first kappa shape index (κ1) is 11.3. The maximum absolute atomic E-state index is 8.19. The molecule has 0 aliphatic rings. The van der Waals surface area contributed by atoms with Gasteiger partial charge >= 0.3 is 8.60 Å². The lowest BCUT2D eigenvalue weighted by Gasteiger charge is -1.99. The van der Waals surface area contributed by atoms with Crippen LogP contribution in [-0.4, -0.2) is 9.79 Å². The SMILES string of the molecule is OP(O)OSC(Cl)=C(Cl)Cl. The van der Waals surface area contributed by atoms with Crippen molar-refractivity contribution in [1.29, 1.82) is 0 Å². The predicted molar refractivity (Wildman–Crippen MR) is 44.6 cm³/mol. The highest BCUT2D eigenvalue weighted by atomic mass is 35.5. The second-order valence-corrected chi connectivity index (χ2v) is 4.17. The first-order chi connectivity index (χ1) is 4.54. The fourth-order valence-corrected chi connectivity index (χ4v) is 1.13. The van der Waals surface area contributed by atoms with Crippen molar-refractivity contribution in [2.45, 2.75) is 0 Å². The fraction of sp³-hybridized carbons (Fsp3) is 0. The molecule has 0 aliphatic heterocycles. The summed E-state index contributed by atoms with van der Waals surface area (Å²) < 4.78 is 3.98. The summed E-state index contributed by atoms with van der Waals surface area (Å²) in [5.41, 5.74) is 0. The lowest BCUT2D eigenvalue weighted by Crippen LogP contribution is -1.70. The summed E-state index contributed by atoms with van der Waals surface area (Å²) in [6.07, 6.45) is 0. The van der Waals surface area contributed by atoms with Crippen LogP contribution in [0.2, 0.25) is 0 Å². The number of rotatable bonds is 3. The van der Waals surface area contributed by atoms with E-state index in [4.69, 9.17) is 44.6 Å². The molecule has 3 nitrogen and oxygen atoms in total. The molecule has 0 aromatic rings. The van der Waals surface area contributed by atoms with Gasteiger partial charge in [0.1, 0.15) is 8.86 Å². The van der Waals surface area contributed by atoms with Crippen molar-refractivity contribution in [3.63, 3.8) is 0 Å². The molecule has 0 bridgehead atoms. The Morgan fingerprint density at radius 1 is 1.30 bits per heavy atom. The van der Waals surface area contributed by atoms with Gasteiger partial charge in [-0.25, -0.2) is 3.97 Å². The maximum atomic E-state index is 8.19. The average Bonchev–Trinajstić information content (AvgIpc) is 1.82. The molecule has 0 radical (unpaired) electrons. The molecule has 0 aromatic carbocycles. The Morgan fingerprint density at radius 3 is 2.10 bits per heavy atom. The van der Waals surface area contributed by atoms with Crippen molar-refractivity contribution in [2.75, 3.05) is 0 Å². The zero-order valence-corrected chi connectivity index (χ0v) is 8.27. The fourth-order valence-electron chi connectivity index (χ4n) is 0.0976. The Bertz CT molecular complexity index is 136. The van der Waals surface area contributed by atoms with E-state index in [0.29, 0.717) is 12.0 Å². The minimum absolute atomic E-state index is 0.0427. The standard InChI is InChI=1S/C2H2Cl3O3PS/c3-1(4)2(5)10-8-9(6)7/h6-7H. The third-order valence-corrected chi connectivity index (χ3v) is 2.68. The van der Waals surface area contributed by atoms with E-state index in [2.05, 4.69) is 3.97 Å². The molecule has 0 aliphatic carbocycles. The van der Waals surface area contributed by atoms with Gasteiger partial charge in [-0.3, -0.25) is 0 Å². The van der Waals surface area contributed by atoms with Crippen LogP contribution in [0.5, 0.6) is 0 Å². The van der Waals surface area contributed by atoms with Gasteiger partial charge in [-0.1, -0.05) is 34.8 Å². The van der Waals surface area contributed by atoms with E-state index in [1.807, 2.05) is 0 Å². The van der Waals surface area contributed by atoms with Gasteiger partial charge in [0.15, 0.2) is 0 Å². The van der Waals surface area contributed by atoms with E-state index in [-0.39, 0.29) is 8.86 Å². The van der Waals surface area contributed by atoms with E-state index < -0.39 is 8.60 Å². The Labute approximate surface area is 78.1 Å². The average molecular weight is 243 g/mol. The zero-order chi connectivity index (χ0) is 8.15. The van der Waals surface area contributed by atoms with E-state index in [0.717, 1.165) is 0 Å². The molecule has 0 fully saturated rings. The third kappa shape index (κ3) is 6.01. The molecule has 0 saturated heterocycles. The van der Waals surface area contributed by atoms with Crippen LogP contribution < -0.4 is 0 Å². The van der Waals surface area contributed by atoms with Crippen LogP contribution in [0.15, 0.2) is 8.86 Å². The van der Waals surface area contributed by atoms with Crippen molar-refractivity contribution in [3.8, 4) is 0 Å². The molecule has 0 amide bonds. The van der Waals surface area contributed by atoms with E-state index in [1.165, 1.54) is 0 Å². The maximum Gasteiger partial charge on any atom is 0.339 e. The second-order valence-electron chi connectivity index (χ2n) is 0.945. The highest BCUT2D eigenvalue weighted by Gasteiger charge is 2.05. The highest BCUT2D eigenvalue weighted by molar-refractivity contribution is 8.02. The van der Waals surface area contributed by atoms with Gasteiger partial charge in [0.25, 0.3) is 0 Å². The molecule has 2 N–H and O–H groups in total. The minimum atomic E-state index is -2.43.